The van der Waals surface area contributed by atoms with Crippen LogP contribution in [-0.2, 0) is 9.53 Å². The lowest BCUT2D eigenvalue weighted by atomic mass is 10.1. The number of esters is 1. The summed E-state index contributed by atoms with van der Waals surface area (Å²) in [5.74, 6) is -1.52. The standard InChI is InChI=1S/C17H23ClFNO3/c1-3-5-6-11-20(12-10-15(21)23-4-2)17(22)16-13(18)8-7-9-14(16)19/h7-9H,3-6,10-12H2,1-2H3. The Balaban J connectivity index is 2.85. The van der Waals surface area contributed by atoms with E-state index in [1.54, 1.807) is 6.92 Å². The average Bonchev–Trinajstić information content (AvgIpc) is 2.50. The minimum Gasteiger partial charge on any atom is -0.466 e. The number of benzene rings is 1. The molecule has 128 valence electrons. The van der Waals surface area contributed by atoms with E-state index in [9.17, 15) is 14.0 Å². The van der Waals surface area contributed by atoms with Crippen molar-refractivity contribution in [3.63, 3.8) is 0 Å². The Morgan fingerprint density at radius 2 is 1.96 bits per heavy atom. The molecule has 0 saturated heterocycles. The lowest BCUT2D eigenvalue weighted by molar-refractivity contribution is -0.143. The van der Waals surface area contributed by atoms with Gasteiger partial charge in [-0.15, -0.1) is 0 Å². The van der Waals surface area contributed by atoms with Crippen LogP contribution in [0.2, 0.25) is 5.02 Å². The number of unbranched alkanes of at least 4 members (excludes halogenated alkanes) is 2. The zero-order valence-electron chi connectivity index (χ0n) is 13.6. The van der Waals surface area contributed by atoms with E-state index in [-0.39, 0.29) is 29.5 Å². The number of hydrogen-bond donors (Lipinski definition) is 0. The van der Waals surface area contributed by atoms with E-state index < -0.39 is 11.7 Å². The van der Waals surface area contributed by atoms with E-state index in [1.165, 1.54) is 23.1 Å². The van der Waals surface area contributed by atoms with Gasteiger partial charge in [0.05, 0.1) is 23.6 Å². The SMILES string of the molecule is CCCCCN(CCC(=O)OCC)C(=O)c1c(F)cccc1Cl. The van der Waals surface area contributed by atoms with Crippen molar-refractivity contribution >= 4 is 23.5 Å². The molecule has 1 aromatic rings. The molecular weight excluding hydrogens is 321 g/mol. The van der Waals surface area contributed by atoms with Crippen LogP contribution in [0.4, 0.5) is 4.39 Å². The van der Waals surface area contributed by atoms with E-state index in [0.717, 1.165) is 19.3 Å². The summed E-state index contributed by atoms with van der Waals surface area (Å²) in [5.41, 5.74) is -0.144. The summed E-state index contributed by atoms with van der Waals surface area (Å²) in [7, 11) is 0. The summed E-state index contributed by atoms with van der Waals surface area (Å²) in [6.45, 7) is 4.71. The van der Waals surface area contributed by atoms with Crippen molar-refractivity contribution in [1.82, 2.24) is 4.90 Å². The molecule has 0 spiro atoms. The fourth-order valence-corrected chi connectivity index (χ4v) is 2.43. The van der Waals surface area contributed by atoms with Crippen molar-refractivity contribution in [2.75, 3.05) is 19.7 Å². The van der Waals surface area contributed by atoms with E-state index in [0.29, 0.717) is 13.2 Å². The number of halogens is 2. The highest BCUT2D eigenvalue weighted by atomic mass is 35.5. The topological polar surface area (TPSA) is 46.6 Å². The predicted molar refractivity (Wildman–Crippen MR) is 88.1 cm³/mol. The highest BCUT2D eigenvalue weighted by molar-refractivity contribution is 6.33. The van der Waals surface area contributed by atoms with Gasteiger partial charge in [-0.1, -0.05) is 37.4 Å². The third-order valence-corrected chi connectivity index (χ3v) is 3.70. The van der Waals surface area contributed by atoms with Gasteiger partial charge >= 0.3 is 5.97 Å². The van der Waals surface area contributed by atoms with Crippen LogP contribution < -0.4 is 0 Å². The van der Waals surface area contributed by atoms with Crippen LogP contribution in [-0.4, -0.2) is 36.5 Å². The van der Waals surface area contributed by atoms with Gasteiger partial charge in [0.15, 0.2) is 0 Å². The quantitative estimate of drug-likeness (QED) is 0.501. The molecular formula is C17H23ClFNO3. The molecule has 1 rings (SSSR count). The molecule has 0 bridgehead atoms. The van der Waals surface area contributed by atoms with Crippen LogP contribution in [0.25, 0.3) is 0 Å². The Labute approximate surface area is 141 Å². The lowest BCUT2D eigenvalue weighted by Crippen LogP contribution is -2.35. The molecule has 0 aliphatic heterocycles. The van der Waals surface area contributed by atoms with Gasteiger partial charge in [0.25, 0.3) is 5.91 Å². The first-order chi connectivity index (χ1) is 11.0. The lowest BCUT2D eigenvalue weighted by Gasteiger charge is -2.23. The van der Waals surface area contributed by atoms with Crippen LogP contribution >= 0.6 is 11.6 Å². The number of rotatable bonds is 9. The van der Waals surface area contributed by atoms with E-state index in [1.807, 2.05) is 0 Å². The highest BCUT2D eigenvalue weighted by Crippen LogP contribution is 2.21. The van der Waals surface area contributed by atoms with Gasteiger partial charge in [-0.25, -0.2) is 4.39 Å². The van der Waals surface area contributed by atoms with Crippen molar-refractivity contribution < 1.29 is 18.7 Å². The van der Waals surface area contributed by atoms with Gasteiger partial charge in [0.1, 0.15) is 5.82 Å². The Kier molecular flexibility index (Phi) is 8.62. The maximum absolute atomic E-state index is 13.9. The van der Waals surface area contributed by atoms with Gasteiger partial charge in [0.2, 0.25) is 0 Å². The van der Waals surface area contributed by atoms with Crippen LogP contribution in [0.1, 0.15) is 49.9 Å². The van der Waals surface area contributed by atoms with Crippen molar-refractivity contribution in [3.05, 3.63) is 34.6 Å². The molecule has 6 heteroatoms. The molecule has 1 amide bonds. The zero-order valence-corrected chi connectivity index (χ0v) is 14.4. The van der Waals surface area contributed by atoms with Crippen molar-refractivity contribution in [2.24, 2.45) is 0 Å². The fourth-order valence-electron chi connectivity index (χ4n) is 2.19. The molecule has 0 fully saturated rings. The molecule has 0 aliphatic rings. The summed E-state index contributed by atoms with van der Waals surface area (Å²) < 4.78 is 18.8. The minimum atomic E-state index is -0.654. The molecule has 0 radical (unpaired) electrons. The fraction of sp³-hybridized carbons (Fsp3) is 0.529. The van der Waals surface area contributed by atoms with Crippen LogP contribution in [0.3, 0.4) is 0 Å². The molecule has 23 heavy (non-hydrogen) atoms. The smallest absolute Gasteiger partial charge is 0.307 e. The summed E-state index contributed by atoms with van der Waals surface area (Å²) in [4.78, 5) is 25.6. The monoisotopic (exact) mass is 343 g/mol. The summed E-state index contributed by atoms with van der Waals surface area (Å²) in [6, 6.07) is 4.14. The largest absolute Gasteiger partial charge is 0.466 e. The van der Waals surface area contributed by atoms with E-state index >= 15 is 0 Å². The first kappa shape index (κ1) is 19.4. The van der Waals surface area contributed by atoms with Gasteiger partial charge in [-0.05, 0) is 25.5 Å². The third-order valence-electron chi connectivity index (χ3n) is 3.39. The third kappa shape index (κ3) is 6.18. The molecule has 0 aromatic heterocycles. The zero-order chi connectivity index (χ0) is 17.2. The summed E-state index contributed by atoms with van der Waals surface area (Å²) in [6.07, 6.45) is 2.82. The first-order valence-electron chi connectivity index (χ1n) is 7.90. The summed E-state index contributed by atoms with van der Waals surface area (Å²) in [5, 5.41) is 0.0756. The molecule has 0 aliphatic carbocycles. The number of carbonyl (C=O) groups is 2. The van der Waals surface area contributed by atoms with E-state index in [2.05, 4.69) is 6.92 Å². The van der Waals surface area contributed by atoms with Crippen molar-refractivity contribution in [2.45, 2.75) is 39.5 Å². The molecule has 0 unspecified atom stereocenters. The maximum Gasteiger partial charge on any atom is 0.307 e. The second-order valence-corrected chi connectivity index (χ2v) is 5.56. The van der Waals surface area contributed by atoms with Crippen LogP contribution in [0.15, 0.2) is 18.2 Å². The minimum absolute atomic E-state index is 0.0756. The van der Waals surface area contributed by atoms with Crippen LogP contribution in [0.5, 0.6) is 0 Å². The molecule has 4 nitrogen and oxygen atoms in total. The molecule has 1 aromatic carbocycles. The second-order valence-electron chi connectivity index (χ2n) is 5.15. The van der Waals surface area contributed by atoms with Crippen molar-refractivity contribution in [1.29, 1.82) is 0 Å². The number of ether oxygens (including phenoxy) is 1. The highest BCUT2D eigenvalue weighted by Gasteiger charge is 2.22. The van der Waals surface area contributed by atoms with Gasteiger partial charge in [0, 0.05) is 13.1 Å². The summed E-state index contributed by atoms with van der Waals surface area (Å²) >= 11 is 5.96. The molecule has 0 heterocycles. The number of hydrogen-bond acceptors (Lipinski definition) is 3. The second kappa shape index (κ2) is 10.2. The number of amides is 1. The van der Waals surface area contributed by atoms with Crippen molar-refractivity contribution in [3.8, 4) is 0 Å². The van der Waals surface area contributed by atoms with Gasteiger partial charge in [-0.3, -0.25) is 9.59 Å². The first-order valence-corrected chi connectivity index (χ1v) is 8.27. The number of nitrogens with zero attached hydrogens (tertiary/aromatic N) is 1. The molecule has 0 atom stereocenters. The Hall–Kier alpha value is -1.62. The van der Waals surface area contributed by atoms with Crippen LogP contribution in [0, 0.1) is 5.82 Å². The molecule has 0 saturated carbocycles. The Morgan fingerprint density at radius 1 is 1.22 bits per heavy atom. The normalized spacial score (nSPS) is 10.4. The average molecular weight is 344 g/mol. The predicted octanol–water partition coefficient (Wildman–Crippen LogP) is 4.06. The Bertz CT molecular complexity index is 516. The van der Waals surface area contributed by atoms with Gasteiger partial charge < -0.3 is 9.64 Å². The Morgan fingerprint density at radius 3 is 2.57 bits per heavy atom. The molecule has 0 N–H and O–H groups in total. The van der Waals surface area contributed by atoms with E-state index in [4.69, 9.17) is 16.3 Å². The van der Waals surface area contributed by atoms with Gasteiger partial charge in [-0.2, -0.15) is 0 Å². The number of carbonyl (C=O) groups excluding carboxylic acids is 2. The maximum atomic E-state index is 13.9.